The minimum absolute atomic E-state index is 0.372. The van der Waals surface area contributed by atoms with Crippen molar-refractivity contribution in [3.63, 3.8) is 0 Å². The first-order valence-corrected chi connectivity index (χ1v) is 45.8. The maximum atomic E-state index is 2.42. The molecule has 0 saturated heterocycles. The Hall–Kier alpha value is -17.2. The zero-order chi connectivity index (χ0) is 87.0. The third-order valence-corrected chi connectivity index (χ3v) is 28.5. The Morgan fingerprint density at radius 1 is 0.144 bits per heavy atom. The van der Waals surface area contributed by atoms with Gasteiger partial charge in [-0.2, -0.15) is 0 Å². The van der Waals surface area contributed by atoms with E-state index in [-0.39, 0.29) is 10.8 Å². The summed E-state index contributed by atoms with van der Waals surface area (Å²) in [6, 6.07) is 188. The van der Waals surface area contributed by atoms with Crippen molar-refractivity contribution in [3.05, 3.63) is 554 Å². The average Bonchev–Trinajstić information content (AvgIpc) is 1.51. The third kappa shape index (κ3) is 11.7. The van der Waals surface area contributed by atoms with Gasteiger partial charge in [0.25, 0.3) is 0 Å². The second-order valence-corrected chi connectivity index (χ2v) is 35.1. The van der Waals surface area contributed by atoms with Crippen LogP contribution in [0.1, 0.15) is 44.5 Å². The molecule has 0 fully saturated rings. The first-order valence-electron chi connectivity index (χ1n) is 45.8. The summed E-state index contributed by atoms with van der Waals surface area (Å²) in [6.07, 6.45) is 0. The van der Waals surface area contributed by atoms with E-state index in [1.807, 2.05) is 0 Å². The predicted octanol–water partition coefficient (Wildman–Crippen LogP) is 33.5. The Morgan fingerprint density at radius 2 is 0.371 bits per heavy atom. The van der Waals surface area contributed by atoms with E-state index in [1.165, 1.54) is 183 Å². The molecule has 2 spiro atoms. The van der Waals surface area contributed by atoms with Gasteiger partial charge in [-0.1, -0.05) is 394 Å². The van der Waals surface area contributed by atoms with Crippen LogP contribution >= 0.6 is 0 Å². The number of para-hydroxylation sites is 5. The Balaban J connectivity index is 0.000000139. The molecule has 0 bridgehead atoms. The molecule has 2 aromatic heterocycles. The summed E-state index contributed by atoms with van der Waals surface area (Å²) in [6.45, 7) is 0. The minimum Gasteiger partial charge on any atom is -0.311 e. The summed E-state index contributed by atoms with van der Waals surface area (Å²) in [7, 11) is 0. The normalized spacial score (nSPS) is 12.8. The van der Waals surface area contributed by atoms with Gasteiger partial charge in [-0.25, -0.2) is 0 Å². The monoisotopic (exact) mass is 1680 g/mol. The van der Waals surface area contributed by atoms with Crippen molar-refractivity contribution in [2.45, 2.75) is 10.8 Å². The van der Waals surface area contributed by atoms with Crippen LogP contribution in [0.5, 0.6) is 0 Å². The lowest BCUT2D eigenvalue weighted by atomic mass is 9.70. The topological polar surface area (TPSA) is 16.3 Å². The number of aromatic nitrogens is 2. The molecule has 0 saturated carbocycles. The first kappa shape index (κ1) is 76.1. The van der Waals surface area contributed by atoms with Crippen LogP contribution in [-0.4, -0.2) is 9.13 Å². The lowest BCUT2D eigenvalue weighted by molar-refractivity contribution is 0.794. The zero-order valence-electron chi connectivity index (χ0n) is 72.3. The first-order chi connectivity index (χ1) is 65.5. The Kier molecular flexibility index (Phi) is 17.8. The largest absolute Gasteiger partial charge is 0.311 e. The minimum atomic E-state index is -0.381. The summed E-state index contributed by atoms with van der Waals surface area (Å²) >= 11 is 0. The number of anilines is 6. The molecule has 4 aliphatic rings. The Labute approximate surface area is 767 Å². The number of rotatable bonds is 13. The molecule has 0 radical (unpaired) electrons. The molecule has 0 aliphatic heterocycles. The Morgan fingerprint density at radius 3 is 0.712 bits per heavy atom. The number of hydrogen-bond donors (Lipinski definition) is 0. The van der Waals surface area contributed by atoms with Gasteiger partial charge in [-0.3, -0.25) is 0 Å². The molecule has 0 unspecified atom stereocenters. The van der Waals surface area contributed by atoms with Crippen LogP contribution in [0.25, 0.3) is 155 Å². The van der Waals surface area contributed by atoms with Crippen molar-refractivity contribution in [3.8, 4) is 112 Å². The van der Waals surface area contributed by atoms with Crippen LogP contribution in [0.3, 0.4) is 0 Å². The van der Waals surface area contributed by atoms with Crippen LogP contribution in [0.4, 0.5) is 34.1 Å². The van der Waals surface area contributed by atoms with Crippen LogP contribution in [0, 0.1) is 0 Å². The van der Waals surface area contributed by atoms with Gasteiger partial charge in [0.1, 0.15) is 0 Å². The van der Waals surface area contributed by atoms with Gasteiger partial charge in [-0.15, -0.1) is 0 Å². The molecule has 27 rings (SSSR count). The van der Waals surface area contributed by atoms with Gasteiger partial charge < -0.3 is 18.9 Å². The summed E-state index contributed by atoms with van der Waals surface area (Å²) in [5.41, 5.74) is 46.4. The van der Waals surface area contributed by atoms with Crippen LogP contribution in [0.15, 0.2) is 510 Å². The lowest BCUT2D eigenvalue weighted by Crippen LogP contribution is -2.25. The van der Waals surface area contributed by atoms with Crippen LogP contribution in [0.2, 0.25) is 0 Å². The van der Waals surface area contributed by atoms with Gasteiger partial charge in [-0.05, 0) is 254 Å². The molecule has 4 heteroatoms. The second kappa shape index (κ2) is 30.8. The maximum absolute atomic E-state index is 2.42. The van der Waals surface area contributed by atoms with E-state index in [2.05, 4.69) is 529 Å². The number of benzene rings is 21. The highest BCUT2D eigenvalue weighted by atomic mass is 15.1. The van der Waals surface area contributed by atoms with E-state index in [4.69, 9.17) is 0 Å². The van der Waals surface area contributed by atoms with Crippen molar-refractivity contribution in [1.29, 1.82) is 0 Å². The van der Waals surface area contributed by atoms with E-state index < -0.39 is 0 Å². The molecule has 4 aliphatic carbocycles. The van der Waals surface area contributed by atoms with Crippen LogP contribution in [-0.2, 0) is 10.8 Å². The van der Waals surface area contributed by atoms with Crippen molar-refractivity contribution >= 4 is 77.7 Å². The van der Waals surface area contributed by atoms with E-state index in [0.29, 0.717) is 0 Å². The molecule has 21 aromatic carbocycles. The fraction of sp³-hybridized carbons (Fsp3) is 0.0156. The van der Waals surface area contributed by atoms with Crippen molar-refractivity contribution in [2.75, 3.05) is 9.80 Å². The fourth-order valence-corrected chi connectivity index (χ4v) is 22.9. The quantitative estimate of drug-likeness (QED) is 0.114. The fourth-order valence-electron chi connectivity index (χ4n) is 22.9. The summed E-state index contributed by atoms with van der Waals surface area (Å²) < 4.78 is 4.80. The third-order valence-electron chi connectivity index (χ3n) is 28.5. The number of nitrogens with zero attached hydrogens (tertiary/aromatic N) is 4. The molecular formula is C128H84N4. The zero-order valence-corrected chi connectivity index (χ0v) is 72.3. The van der Waals surface area contributed by atoms with Crippen molar-refractivity contribution in [1.82, 2.24) is 9.13 Å². The molecule has 0 amide bonds. The predicted molar refractivity (Wildman–Crippen MR) is 551 cm³/mol. The maximum Gasteiger partial charge on any atom is 0.0725 e. The molecule has 2 heterocycles. The lowest BCUT2D eigenvalue weighted by Gasteiger charge is -2.30. The van der Waals surface area contributed by atoms with E-state index in [0.717, 1.165) is 51.1 Å². The average molecular weight is 1680 g/mol. The molecule has 132 heavy (non-hydrogen) atoms. The van der Waals surface area contributed by atoms with Gasteiger partial charge >= 0.3 is 0 Å². The SMILES string of the molecule is c1ccc(-c2ccc(N(c3ccc(-c4cccc5c4-c4ccccc4C54c5ccccc5-c5ccccc54)cc3)c3ccc(-n4c5ccccc5c5ccccc54)cc3)cc2)cc1.c1ccc(-c2ccc(N(c3ccc(-c4ccccc4-n4c5ccccc5c5ccccc54)cc3)c3ccc(-c4cccc5c4-c4ccccc4C54c5ccccc5-c5ccccc54)cc3)cc2)cc1. The molecule has 4 nitrogen and oxygen atoms in total. The molecule has 0 N–H and O–H groups in total. The number of fused-ring (bicyclic) bond motifs is 26. The highest BCUT2D eigenvalue weighted by molar-refractivity contribution is 6.12. The second-order valence-electron chi connectivity index (χ2n) is 35.1. The molecule has 0 atom stereocenters. The molecule has 616 valence electrons. The molecule has 23 aromatic rings. The highest BCUT2D eigenvalue weighted by Crippen LogP contribution is 2.66. The van der Waals surface area contributed by atoms with Crippen molar-refractivity contribution in [2.24, 2.45) is 0 Å². The van der Waals surface area contributed by atoms with E-state index in [1.54, 1.807) is 0 Å². The Bertz CT molecular complexity index is 8280. The smallest absolute Gasteiger partial charge is 0.0725 e. The summed E-state index contributed by atoms with van der Waals surface area (Å²) in [4.78, 5) is 4.76. The van der Waals surface area contributed by atoms with Gasteiger partial charge in [0.05, 0.1) is 38.6 Å². The van der Waals surface area contributed by atoms with Crippen LogP contribution < -0.4 is 9.80 Å². The van der Waals surface area contributed by atoms with Gasteiger partial charge in [0.15, 0.2) is 0 Å². The van der Waals surface area contributed by atoms with Gasteiger partial charge in [0, 0.05) is 66.9 Å². The van der Waals surface area contributed by atoms with Gasteiger partial charge in [0.2, 0.25) is 0 Å². The van der Waals surface area contributed by atoms with E-state index in [9.17, 15) is 0 Å². The standard InChI is InChI=1S/C67H44N2.C61H40N2/c1-2-17-45(18-3-1)46-33-39-49(40-34-46)68(50-41-35-47(36-42-50)52-19-7-13-30-63(52)69-64-31-14-8-22-56(64)57-23-9-15-32-65(57)69)51-43-37-48(38-44-51)53-25-16-29-62-66(53)58-24-6-12-28-61(58)67(62)59-26-10-4-20-54(59)55-21-5-11-27-60(55)67;1-2-15-41(16-3-1)42-29-33-44(34-30-42)62(46-37-39-47(40-38-46)63-58-27-12-7-19-51(58)52-20-8-13-28-59(52)63)45-35-31-43(32-36-45)48-22-14-26-57-60(48)53-21-6-11-25-56(53)61(57)54-23-9-4-17-49(54)50-18-5-10-24-55(50)61/h1-44H;1-40H. The summed E-state index contributed by atoms with van der Waals surface area (Å²) in [5.74, 6) is 0. The highest BCUT2D eigenvalue weighted by Gasteiger charge is 2.54. The summed E-state index contributed by atoms with van der Waals surface area (Å²) in [5, 5.41) is 5.04. The molecular weight excluding hydrogens is 1590 g/mol. The number of hydrogen-bond acceptors (Lipinski definition) is 2. The van der Waals surface area contributed by atoms with E-state index >= 15 is 0 Å². The van der Waals surface area contributed by atoms with Crippen molar-refractivity contribution < 1.29 is 0 Å².